The average molecular weight is 459 g/mol. The van der Waals surface area contributed by atoms with Crippen LogP contribution in [-0.2, 0) is 9.53 Å². The van der Waals surface area contributed by atoms with Gasteiger partial charge in [-0.2, -0.15) is 0 Å². The van der Waals surface area contributed by atoms with Crippen molar-refractivity contribution in [3.05, 3.63) is 65.9 Å². The number of pyridine rings is 1. The molecule has 6 nitrogen and oxygen atoms in total. The Morgan fingerprint density at radius 3 is 2.53 bits per heavy atom. The average Bonchev–Trinajstić information content (AvgIpc) is 3.28. The monoisotopic (exact) mass is 458 g/mol. The van der Waals surface area contributed by atoms with Crippen molar-refractivity contribution in [3.8, 4) is 11.1 Å². The number of piperidine rings is 1. The van der Waals surface area contributed by atoms with Gasteiger partial charge in [0, 0.05) is 36.8 Å². The predicted molar refractivity (Wildman–Crippen MR) is 129 cm³/mol. The fourth-order valence-corrected chi connectivity index (χ4v) is 6.00. The highest BCUT2D eigenvalue weighted by Crippen LogP contribution is 2.65. The van der Waals surface area contributed by atoms with Crippen LogP contribution in [0.3, 0.4) is 0 Å². The number of likely N-dealkylation sites (tertiary alicyclic amines) is 1. The van der Waals surface area contributed by atoms with Crippen LogP contribution in [0.4, 0.5) is 0 Å². The molecule has 3 fully saturated rings. The number of rotatable bonds is 4. The van der Waals surface area contributed by atoms with Crippen molar-refractivity contribution in [2.45, 2.75) is 50.4 Å². The second-order valence-corrected chi connectivity index (χ2v) is 10.1. The highest BCUT2D eigenvalue weighted by molar-refractivity contribution is 5.87. The number of fused-ring (bicyclic) bond motifs is 1. The van der Waals surface area contributed by atoms with Crippen LogP contribution in [0.1, 0.15) is 55.4 Å². The first-order valence-corrected chi connectivity index (χ1v) is 12.3. The van der Waals surface area contributed by atoms with Gasteiger partial charge in [0.1, 0.15) is 6.10 Å². The molecule has 6 heteroatoms. The maximum atomic E-state index is 12.7. The summed E-state index contributed by atoms with van der Waals surface area (Å²) in [6.07, 6.45) is 5.11. The Hall–Kier alpha value is -2.80. The Labute approximate surface area is 199 Å². The van der Waals surface area contributed by atoms with E-state index >= 15 is 0 Å². The van der Waals surface area contributed by atoms with Gasteiger partial charge in [-0.1, -0.05) is 36.4 Å². The third-order valence-electron chi connectivity index (χ3n) is 8.17. The van der Waals surface area contributed by atoms with Crippen LogP contribution in [-0.4, -0.2) is 51.8 Å². The van der Waals surface area contributed by atoms with E-state index in [0.29, 0.717) is 16.9 Å². The Morgan fingerprint density at radius 1 is 1.06 bits per heavy atom. The van der Waals surface area contributed by atoms with Gasteiger partial charge in [-0.15, -0.1) is 0 Å². The van der Waals surface area contributed by atoms with E-state index in [-0.39, 0.29) is 12.0 Å². The minimum Gasteiger partial charge on any atom is -0.368 e. The Balaban J connectivity index is 1.13. The Bertz CT molecular complexity index is 1210. The predicted octanol–water partition coefficient (Wildman–Crippen LogP) is 4.16. The summed E-state index contributed by atoms with van der Waals surface area (Å²) in [4.78, 5) is 19.1. The molecule has 0 radical (unpaired) electrons. The van der Waals surface area contributed by atoms with Crippen LogP contribution < -0.4 is 0 Å². The molecule has 0 bridgehead atoms. The van der Waals surface area contributed by atoms with E-state index in [0.717, 1.165) is 67.4 Å². The molecule has 1 amide bonds. The van der Waals surface area contributed by atoms with Gasteiger partial charge in [-0.25, -0.2) is 0 Å². The fourth-order valence-electron chi connectivity index (χ4n) is 6.00. The zero-order valence-corrected chi connectivity index (χ0v) is 19.2. The molecule has 2 aliphatic heterocycles. The quantitative estimate of drug-likeness (QED) is 0.574. The maximum absolute atomic E-state index is 12.7. The van der Waals surface area contributed by atoms with Crippen molar-refractivity contribution in [1.82, 2.24) is 9.88 Å². The summed E-state index contributed by atoms with van der Waals surface area (Å²) in [6, 6.07) is 16.4. The van der Waals surface area contributed by atoms with Crippen LogP contribution in [0.2, 0.25) is 0 Å². The van der Waals surface area contributed by atoms with Crippen molar-refractivity contribution in [3.63, 3.8) is 0 Å². The van der Waals surface area contributed by atoms with E-state index < -0.39 is 6.29 Å². The van der Waals surface area contributed by atoms with Crippen molar-refractivity contribution in [2.24, 2.45) is 5.41 Å². The van der Waals surface area contributed by atoms with E-state index in [1.807, 2.05) is 23.1 Å². The van der Waals surface area contributed by atoms with Gasteiger partial charge in [0.05, 0.1) is 5.52 Å². The molecule has 2 saturated heterocycles. The summed E-state index contributed by atoms with van der Waals surface area (Å²) in [5.74, 6) is 0.771. The van der Waals surface area contributed by atoms with Crippen molar-refractivity contribution >= 4 is 16.8 Å². The molecule has 176 valence electrons. The smallest absolute Gasteiger partial charge is 0.251 e. The summed E-state index contributed by atoms with van der Waals surface area (Å²) in [5.41, 5.74) is 5.12. The molecule has 3 aliphatic rings. The molecule has 6 rings (SSSR count). The first-order chi connectivity index (χ1) is 16.5. The van der Waals surface area contributed by atoms with Gasteiger partial charge < -0.3 is 19.8 Å². The van der Waals surface area contributed by atoms with E-state index in [1.54, 1.807) is 12.3 Å². The molecular weight excluding hydrogens is 428 g/mol. The number of hydrogen-bond donors (Lipinski definition) is 2. The number of aromatic nitrogens is 1. The summed E-state index contributed by atoms with van der Waals surface area (Å²) in [7, 11) is 0. The molecule has 1 saturated carbocycles. The van der Waals surface area contributed by atoms with Gasteiger partial charge in [-0.05, 0) is 72.3 Å². The number of amides is 1. The molecule has 1 aliphatic carbocycles. The lowest BCUT2D eigenvalue weighted by atomic mass is 9.88. The summed E-state index contributed by atoms with van der Waals surface area (Å²) < 4.78 is 5.60. The van der Waals surface area contributed by atoms with E-state index in [4.69, 9.17) is 4.74 Å². The van der Waals surface area contributed by atoms with Gasteiger partial charge in [-0.3, -0.25) is 9.78 Å². The normalized spacial score (nSPS) is 23.7. The number of carbonyl (C=O) groups excluding carboxylic acids is 1. The number of nitrogens with zero attached hydrogens (tertiary/aromatic N) is 2. The minimum absolute atomic E-state index is 0.194. The molecule has 1 spiro atoms. The first-order valence-electron chi connectivity index (χ1n) is 12.3. The Kier molecular flexibility index (Phi) is 5.40. The Morgan fingerprint density at radius 2 is 1.82 bits per heavy atom. The van der Waals surface area contributed by atoms with E-state index in [2.05, 4.69) is 29.2 Å². The highest BCUT2D eigenvalue weighted by Gasteiger charge is 2.55. The van der Waals surface area contributed by atoms with Crippen LogP contribution in [0.25, 0.3) is 22.0 Å². The molecule has 0 unspecified atom stereocenters. The topological polar surface area (TPSA) is 82.9 Å². The number of benzene rings is 2. The largest absolute Gasteiger partial charge is 0.368 e. The zero-order valence-electron chi connectivity index (χ0n) is 19.2. The fraction of sp³-hybridized carbons (Fsp3) is 0.429. The lowest BCUT2D eigenvalue weighted by molar-refractivity contribution is -0.142. The molecule has 3 heterocycles. The van der Waals surface area contributed by atoms with E-state index in [1.165, 1.54) is 12.0 Å². The van der Waals surface area contributed by atoms with Gasteiger partial charge in [0.25, 0.3) is 5.91 Å². The highest BCUT2D eigenvalue weighted by atomic mass is 16.5. The molecule has 1 aromatic heterocycles. The summed E-state index contributed by atoms with van der Waals surface area (Å²) >= 11 is 0. The molecule has 34 heavy (non-hydrogen) atoms. The van der Waals surface area contributed by atoms with Gasteiger partial charge in [0.15, 0.2) is 6.29 Å². The van der Waals surface area contributed by atoms with Crippen LogP contribution in [0.5, 0.6) is 0 Å². The van der Waals surface area contributed by atoms with Gasteiger partial charge >= 0.3 is 0 Å². The molecular formula is C28H30N2O4. The summed E-state index contributed by atoms with van der Waals surface area (Å²) in [6.45, 7) is 2.42. The SMILES string of the molecule is O=C([C@H]1CCCO1)N1CCC2(CC1)C[C@@H]2c1ccc(-c2ccc3c(C(O)O)ccnc3c2)cc1. The number of aliphatic hydroxyl groups is 2. The number of carbonyl (C=O) groups is 1. The third kappa shape index (κ3) is 3.80. The standard InChI is InChI=1S/C28H30N2O4/c31-26(25-2-1-15-34-25)30-13-10-28(11-14-30)17-23(28)19-5-3-18(4-6-19)20-7-8-21-22(27(32)33)9-12-29-24(21)16-20/h3-9,12,16,23,25,27,32-33H,1-2,10-11,13-15,17H2/t23-,25-/m1/s1. The molecule has 2 aromatic carbocycles. The van der Waals surface area contributed by atoms with Crippen molar-refractivity contribution < 1.29 is 19.7 Å². The zero-order chi connectivity index (χ0) is 23.3. The van der Waals surface area contributed by atoms with Crippen LogP contribution in [0.15, 0.2) is 54.7 Å². The maximum Gasteiger partial charge on any atom is 0.251 e. The lowest BCUT2D eigenvalue weighted by Gasteiger charge is -2.34. The first kappa shape index (κ1) is 21.7. The van der Waals surface area contributed by atoms with Crippen LogP contribution in [0, 0.1) is 5.41 Å². The van der Waals surface area contributed by atoms with Crippen molar-refractivity contribution in [1.29, 1.82) is 0 Å². The minimum atomic E-state index is -1.51. The third-order valence-corrected chi connectivity index (χ3v) is 8.17. The van der Waals surface area contributed by atoms with E-state index in [9.17, 15) is 15.0 Å². The molecule has 3 aromatic rings. The lowest BCUT2D eigenvalue weighted by Crippen LogP contribution is -2.44. The number of hydrogen-bond acceptors (Lipinski definition) is 5. The van der Waals surface area contributed by atoms with Crippen LogP contribution >= 0.6 is 0 Å². The second-order valence-electron chi connectivity index (χ2n) is 10.1. The number of ether oxygens (including phenoxy) is 1. The molecule has 2 N–H and O–H groups in total. The molecule has 2 atom stereocenters. The second kappa shape index (κ2) is 8.45. The van der Waals surface area contributed by atoms with Gasteiger partial charge in [0.2, 0.25) is 0 Å². The van der Waals surface area contributed by atoms with Crippen molar-refractivity contribution in [2.75, 3.05) is 19.7 Å². The summed E-state index contributed by atoms with van der Waals surface area (Å²) in [5, 5.41) is 19.9. The number of aliphatic hydroxyl groups excluding tert-OH is 1.